The fraction of sp³-hybridized carbons (Fsp3) is 0.125. The zero-order chi connectivity index (χ0) is 15.2. The quantitative estimate of drug-likeness (QED) is 0.748. The van der Waals surface area contributed by atoms with Gasteiger partial charge in [-0.3, -0.25) is 4.79 Å². The van der Waals surface area contributed by atoms with Gasteiger partial charge in [0.15, 0.2) is 0 Å². The Morgan fingerprint density at radius 2 is 2.10 bits per heavy atom. The largest absolute Gasteiger partial charge is 0.399 e. The molecule has 106 valence electrons. The molecule has 5 nitrogen and oxygen atoms in total. The van der Waals surface area contributed by atoms with Gasteiger partial charge in [0.05, 0.1) is 17.2 Å². The van der Waals surface area contributed by atoms with E-state index in [2.05, 4.69) is 16.7 Å². The Balaban J connectivity index is 2.21. The van der Waals surface area contributed by atoms with E-state index in [-0.39, 0.29) is 5.91 Å². The van der Waals surface area contributed by atoms with Crippen LogP contribution in [0.25, 0.3) is 0 Å². The molecule has 0 aliphatic rings. The summed E-state index contributed by atoms with van der Waals surface area (Å²) >= 11 is 0. The van der Waals surface area contributed by atoms with Crippen molar-refractivity contribution in [3.8, 4) is 6.07 Å². The number of hydrogen-bond acceptors (Lipinski definition) is 4. The first-order valence-electron chi connectivity index (χ1n) is 6.48. The first kappa shape index (κ1) is 14.4. The van der Waals surface area contributed by atoms with Gasteiger partial charge in [0.25, 0.3) is 5.91 Å². The molecular formula is C16H16N4O. The predicted octanol–water partition coefficient (Wildman–Crippen LogP) is 2.11. The van der Waals surface area contributed by atoms with Crippen molar-refractivity contribution in [1.82, 2.24) is 5.32 Å². The van der Waals surface area contributed by atoms with Crippen LogP contribution >= 0.6 is 0 Å². The molecule has 0 fully saturated rings. The second kappa shape index (κ2) is 6.44. The highest BCUT2D eigenvalue weighted by atomic mass is 16.1. The van der Waals surface area contributed by atoms with Gasteiger partial charge >= 0.3 is 0 Å². The summed E-state index contributed by atoms with van der Waals surface area (Å²) in [6, 6.07) is 14.5. The maximum Gasteiger partial charge on any atom is 0.253 e. The van der Waals surface area contributed by atoms with Crippen molar-refractivity contribution < 1.29 is 4.79 Å². The summed E-state index contributed by atoms with van der Waals surface area (Å²) in [5, 5.41) is 14.7. The van der Waals surface area contributed by atoms with Gasteiger partial charge in [0, 0.05) is 25.0 Å². The zero-order valence-electron chi connectivity index (χ0n) is 11.7. The molecule has 0 bridgehead atoms. The molecule has 0 radical (unpaired) electrons. The van der Waals surface area contributed by atoms with Crippen LogP contribution in [0, 0.1) is 11.3 Å². The lowest BCUT2D eigenvalue weighted by Gasteiger charge is -2.12. The molecule has 0 heterocycles. The summed E-state index contributed by atoms with van der Waals surface area (Å²) < 4.78 is 0. The molecule has 1 amide bonds. The second-order valence-electron chi connectivity index (χ2n) is 4.55. The lowest BCUT2D eigenvalue weighted by Crippen LogP contribution is -2.19. The highest BCUT2D eigenvalue weighted by Crippen LogP contribution is 2.20. The molecule has 0 unspecified atom stereocenters. The van der Waals surface area contributed by atoms with E-state index in [1.807, 2.05) is 12.1 Å². The molecule has 0 atom stereocenters. The van der Waals surface area contributed by atoms with E-state index in [4.69, 9.17) is 11.0 Å². The minimum absolute atomic E-state index is 0.178. The number of nitrogen functional groups attached to an aromatic ring is 1. The Morgan fingerprint density at radius 1 is 1.29 bits per heavy atom. The van der Waals surface area contributed by atoms with E-state index in [1.54, 1.807) is 37.4 Å². The number of nitrogens with one attached hydrogen (secondary N) is 2. The summed E-state index contributed by atoms with van der Waals surface area (Å²) in [4.78, 5) is 11.8. The first-order valence-corrected chi connectivity index (χ1v) is 6.48. The number of anilines is 2. The lowest BCUT2D eigenvalue weighted by molar-refractivity contribution is 0.0964. The van der Waals surface area contributed by atoms with Crippen LogP contribution in [0.1, 0.15) is 21.5 Å². The standard InChI is InChI=1S/C16H16N4O/c1-19-16(21)14-6-5-13(18)8-15(14)20-10-12-4-2-3-11(7-12)9-17/h2-8,20H,10,18H2,1H3,(H,19,21). The normalized spacial score (nSPS) is 9.71. The van der Waals surface area contributed by atoms with Crippen LogP contribution in [0.15, 0.2) is 42.5 Å². The van der Waals surface area contributed by atoms with Gasteiger partial charge < -0.3 is 16.4 Å². The summed E-state index contributed by atoms with van der Waals surface area (Å²) in [6.07, 6.45) is 0. The lowest BCUT2D eigenvalue weighted by atomic mass is 10.1. The third-order valence-electron chi connectivity index (χ3n) is 3.05. The Bertz CT molecular complexity index is 704. The van der Waals surface area contributed by atoms with Crippen LogP contribution in [-0.4, -0.2) is 13.0 Å². The first-order chi connectivity index (χ1) is 10.1. The summed E-state index contributed by atoms with van der Waals surface area (Å²) in [7, 11) is 1.58. The summed E-state index contributed by atoms with van der Waals surface area (Å²) in [6.45, 7) is 0.503. The van der Waals surface area contributed by atoms with Crippen LogP contribution in [0.2, 0.25) is 0 Å². The van der Waals surface area contributed by atoms with Gasteiger partial charge in [-0.2, -0.15) is 5.26 Å². The average molecular weight is 280 g/mol. The van der Waals surface area contributed by atoms with Crippen molar-refractivity contribution in [2.75, 3.05) is 18.1 Å². The molecule has 0 aliphatic carbocycles. The molecule has 0 saturated carbocycles. The van der Waals surface area contributed by atoms with Gasteiger partial charge in [-0.25, -0.2) is 0 Å². The van der Waals surface area contributed by atoms with Crippen LogP contribution in [0.3, 0.4) is 0 Å². The Morgan fingerprint density at radius 3 is 2.81 bits per heavy atom. The van der Waals surface area contributed by atoms with Crippen LogP contribution in [-0.2, 0) is 6.54 Å². The molecule has 0 saturated heterocycles. The Labute approximate surface area is 123 Å². The number of carbonyl (C=O) groups excluding carboxylic acids is 1. The number of carbonyl (C=O) groups is 1. The average Bonchev–Trinajstić information content (AvgIpc) is 2.52. The van der Waals surface area contributed by atoms with Crippen LogP contribution < -0.4 is 16.4 Å². The van der Waals surface area contributed by atoms with Crippen molar-refractivity contribution >= 4 is 17.3 Å². The van der Waals surface area contributed by atoms with Crippen LogP contribution in [0.4, 0.5) is 11.4 Å². The van der Waals surface area contributed by atoms with Gasteiger partial charge in [0.2, 0.25) is 0 Å². The number of nitrogens with zero attached hydrogens (tertiary/aromatic N) is 1. The van der Waals surface area contributed by atoms with Crippen molar-refractivity contribution in [3.05, 3.63) is 59.2 Å². The molecule has 5 heteroatoms. The second-order valence-corrected chi connectivity index (χ2v) is 4.55. The number of nitriles is 1. The van der Waals surface area contributed by atoms with Crippen molar-refractivity contribution in [1.29, 1.82) is 5.26 Å². The van der Waals surface area contributed by atoms with E-state index in [0.29, 0.717) is 29.0 Å². The molecule has 21 heavy (non-hydrogen) atoms. The topological polar surface area (TPSA) is 90.9 Å². The third-order valence-corrected chi connectivity index (χ3v) is 3.05. The zero-order valence-corrected chi connectivity index (χ0v) is 11.7. The highest BCUT2D eigenvalue weighted by Gasteiger charge is 2.10. The molecule has 0 aromatic heterocycles. The minimum Gasteiger partial charge on any atom is -0.399 e. The summed E-state index contributed by atoms with van der Waals surface area (Å²) in [5.41, 5.74) is 9.11. The van der Waals surface area contributed by atoms with Gasteiger partial charge in [-0.15, -0.1) is 0 Å². The van der Waals surface area contributed by atoms with E-state index >= 15 is 0 Å². The number of hydrogen-bond donors (Lipinski definition) is 3. The van der Waals surface area contributed by atoms with Crippen molar-refractivity contribution in [2.45, 2.75) is 6.54 Å². The maximum absolute atomic E-state index is 11.8. The van der Waals surface area contributed by atoms with Crippen molar-refractivity contribution in [2.24, 2.45) is 0 Å². The summed E-state index contributed by atoms with van der Waals surface area (Å²) in [5.74, 6) is -0.178. The number of benzene rings is 2. The highest BCUT2D eigenvalue weighted by molar-refractivity contribution is 6.00. The van der Waals surface area contributed by atoms with Crippen molar-refractivity contribution in [3.63, 3.8) is 0 Å². The monoisotopic (exact) mass is 280 g/mol. The van der Waals surface area contributed by atoms with E-state index in [9.17, 15) is 4.79 Å². The van der Waals surface area contributed by atoms with Gasteiger partial charge in [0.1, 0.15) is 0 Å². The fourth-order valence-corrected chi connectivity index (χ4v) is 1.99. The molecule has 2 aromatic carbocycles. The van der Waals surface area contributed by atoms with E-state index in [0.717, 1.165) is 5.56 Å². The van der Waals surface area contributed by atoms with Crippen LogP contribution in [0.5, 0.6) is 0 Å². The Kier molecular flexibility index (Phi) is 4.42. The van der Waals surface area contributed by atoms with Gasteiger partial charge in [-0.05, 0) is 35.9 Å². The molecule has 4 N–H and O–H groups in total. The maximum atomic E-state index is 11.8. The van der Waals surface area contributed by atoms with E-state index < -0.39 is 0 Å². The molecule has 2 aromatic rings. The Hall–Kier alpha value is -3.00. The fourth-order valence-electron chi connectivity index (χ4n) is 1.99. The molecule has 0 aliphatic heterocycles. The number of rotatable bonds is 4. The third kappa shape index (κ3) is 3.51. The molecular weight excluding hydrogens is 264 g/mol. The van der Waals surface area contributed by atoms with Gasteiger partial charge in [-0.1, -0.05) is 12.1 Å². The predicted molar refractivity (Wildman–Crippen MR) is 82.7 cm³/mol. The number of amides is 1. The molecule has 0 spiro atoms. The SMILES string of the molecule is CNC(=O)c1ccc(N)cc1NCc1cccc(C#N)c1. The smallest absolute Gasteiger partial charge is 0.253 e. The minimum atomic E-state index is -0.178. The molecule has 2 rings (SSSR count). The van der Waals surface area contributed by atoms with E-state index in [1.165, 1.54) is 0 Å². The number of nitrogens with two attached hydrogens (primary N) is 1.